The minimum Gasteiger partial charge on any atom is -0.342 e. The van der Waals surface area contributed by atoms with E-state index in [0.29, 0.717) is 17.7 Å². The number of carbonyl (C=O) groups excluding carboxylic acids is 1. The van der Waals surface area contributed by atoms with Gasteiger partial charge in [0, 0.05) is 19.0 Å². The molecule has 2 aliphatic heterocycles. The lowest BCUT2D eigenvalue weighted by atomic mass is 9.97. The molecule has 2 unspecified atom stereocenters. The highest BCUT2D eigenvalue weighted by molar-refractivity contribution is 5.81. The number of nitrogens with one attached hydrogen (secondary N) is 1. The van der Waals surface area contributed by atoms with Gasteiger partial charge in [0.05, 0.1) is 0 Å². The molecule has 3 heteroatoms. The third kappa shape index (κ3) is 1.86. The van der Waals surface area contributed by atoms with Crippen molar-refractivity contribution in [1.82, 2.24) is 10.2 Å². The lowest BCUT2D eigenvalue weighted by molar-refractivity contribution is -0.131. The SMILES string of the molecule is O=C1C2CCCC2CN1CC1CCNCC1. The van der Waals surface area contributed by atoms with E-state index in [-0.39, 0.29) is 0 Å². The summed E-state index contributed by atoms with van der Waals surface area (Å²) in [4.78, 5) is 14.3. The van der Waals surface area contributed by atoms with Crippen LogP contribution in [0.2, 0.25) is 0 Å². The van der Waals surface area contributed by atoms with Crippen LogP contribution in [0.15, 0.2) is 0 Å². The Labute approximate surface area is 97.6 Å². The fourth-order valence-corrected chi connectivity index (χ4v) is 3.73. The van der Waals surface area contributed by atoms with Gasteiger partial charge in [0.25, 0.3) is 0 Å². The topological polar surface area (TPSA) is 32.3 Å². The van der Waals surface area contributed by atoms with Crippen molar-refractivity contribution < 1.29 is 4.79 Å². The van der Waals surface area contributed by atoms with Crippen molar-refractivity contribution in [2.75, 3.05) is 26.2 Å². The Balaban J connectivity index is 1.57. The van der Waals surface area contributed by atoms with Gasteiger partial charge in [-0.15, -0.1) is 0 Å². The Morgan fingerprint density at radius 3 is 2.75 bits per heavy atom. The summed E-state index contributed by atoms with van der Waals surface area (Å²) in [6, 6.07) is 0. The van der Waals surface area contributed by atoms with Crippen LogP contribution in [0.1, 0.15) is 32.1 Å². The molecule has 1 aliphatic carbocycles. The predicted molar refractivity (Wildman–Crippen MR) is 63.0 cm³/mol. The first-order valence-corrected chi connectivity index (χ1v) is 6.84. The summed E-state index contributed by atoms with van der Waals surface area (Å²) in [5.74, 6) is 2.33. The molecule has 16 heavy (non-hydrogen) atoms. The van der Waals surface area contributed by atoms with Crippen LogP contribution in [0.4, 0.5) is 0 Å². The van der Waals surface area contributed by atoms with Gasteiger partial charge < -0.3 is 10.2 Å². The Kier molecular flexibility index (Phi) is 2.88. The van der Waals surface area contributed by atoms with Crippen molar-refractivity contribution in [3.8, 4) is 0 Å². The molecule has 1 saturated carbocycles. The van der Waals surface area contributed by atoms with E-state index in [4.69, 9.17) is 0 Å². The third-order valence-electron chi connectivity index (χ3n) is 4.68. The largest absolute Gasteiger partial charge is 0.342 e. The molecule has 1 N–H and O–H groups in total. The van der Waals surface area contributed by atoms with Crippen LogP contribution in [-0.4, -0.2) is 37.0 Å². The molecule has 0 aromatic rings. The number of hydrogen-bond donors (Lipinski definition) is 1. The lowest BCUT2D eigenvalue weighted by Gasteiger charge is -2.28. The number of hydrogen-bond acceptors (Lipinski definition) is 2. The van der Waals surface area contributed by atoms with E-state index in [1.807, 2.05) is 0 Å². The van der Waals surface area contributed by atoms with Crippen molar-refractivity contribution in [2.45, 2.75) is 32.1 Å². The summed E-state index contributed by atoms with van der Waals surface area (Å²) in [6.07, 6.45) is 6.23. The quantitative estimate of drug-likeness (QED) is 0.762. The van der Waals surface area contributed by atoms with E-state index in [9.17, 15) is 4.79 Å². The number of fused-ring (bicyclic) bond motifs is 1. The van der Waals surface area contributed by atoms with Crippen molar-refractivity contribution in [3.63, 3.8) is 0 Å². The number of likely N-dealkylation sites (tertiary alicyclic amines) is 1. The standard InChI is InChI=1S/C13H22N2O/c16-13-12-3-1-2-11(12)9-15(13)8-10-4-6-14-7-5-10/h10-12,14H,1-9H2. The molecule has 90 valence electrons. The molecule has 3 aliphatic rings. The molecule has 2 saturated heterocycles. The molecule has 3 nitrogen and oxygen atoms in total. The number of nitrogens with zero attached hydrogens (tertiary/aromatic N) is 1. The molecule has 3 fully saturated rings. The first-order chi connectivity index (χ1) is 7.84. The maximum atomic E-state index is 12.2. The lowest BCUT2D eigenvalue weighted by Crippen LogP contribution is -2.37. The zero-order chi connectivity index (χ0) is 11.0. The van der Waals surface area contributed by atoms with E-state index < -0.39 is 0 Å². The van der Waals surface area contributed by atoms with Crippen LogP contribution in [0.25, 0.3) is 0 Å². The molecule has 0 aromatic carbocycles. The van der Waals surface area contributed by atoms with Gasteiger partial charge in [0.1, 0.15) is 0 Å². The number of amides is 1. The Morgan fingerprint density at radius 2 is 2.00 bits per heavy atom. The van der Waals surface area contributed by atoms with E-state index in [1.54, 1.807) is 0 Å². The summed E-state index contributed by atoms with van der Waals surface area (Å²) in [5.41, 5.74) is 0. The van der Waals surface area contributed by atoms with Gasteiger partial charge in [-0.1, -0.05) is 6.42 Å². The van der Waals surface area contributed by atoms with Gasteiger partial charge >= 0.3 is 0 Å². The van der Waals surface area contributed by atoms with E-state index in [1.165, 1.54) is 25.7 Å². The average molecular weight is 222 g/mol. The Morgan fingerprint density at radius 1 is 1.19 bits per heavy atom. The van der Waals surface area contributed by atoms with Gasteiger partial charge in [0.15, 0.2) is 0 Å². The summed E-state index contributed by atoms with van der Waals surface area (Å²) in [6.45, 7) is 4.38. The molecule has 3 rings (SSSR count). The summed E-state index contributed by atoms with van der Waals surface area (Å²) in [5, 5.41) is 3.39. The highest BCUT2D eigenvalue weighted by atomic mass is 16.2. The van der Waals surface area contributed by atoms with E-state index >= 15 is 0 Å². The molecule has 1 amide bonds. The van der Waals surface area contributed by atoms with Gasteiger partial charge in [-0.3, -0.25) is 4.79 Å². The molecule has 0 spiro atoms. The molecule has 2 atom stereocenters. The summed E-state index contributed by atoms with van der Waals surface area (Å²) in [7, 11) is 0. The third-order valence-corrected chi connectivity index (χ3v) is 4.68. The van der Waals surface area contributed by atoms with Crippen LogP contribution in [0.3, 0.4) is 0 Å². The highest BCUT2D eigenvalue weighted by Gasteiger charge is 2.43. The maximum Gasteiger partial charge on any atom is 0.226 e. The second kappa shape index (κ2) is 4.36. The Hall–Kier alpha value is -0.570. The maximum absolute atomic E-state index is 12.2. The van der Waals surface area contributed by atoms with Crippen LogP contribution in [0, 0.1) is 17.8 Å². The zero-order valence-corrected chi connectivity index (χ0v) is 9.95. The number of carbonyl (C=O) groups is 1. The fraction of sp³-hybridized carbons (Fsp3) is 0.923. The van der Waals surface area contributed by atoms with Crippen LogP contribution >= 0.6 is 0 Å². The average Bonchev–Trinajstić information content (AvgIpc) is 2.86. The van der Waals surface area contributed by atoms with Crippen molar-refractivity contribution >= 4 is 5.91 Å². The van der Waals surface area contributed by atoms with Crippen molar-refractivity contribution in [3.05, 3.63) is 0 Å². The van der Waals surface area contributed by atoms with Crippen LogP contribution < -0.4 is 5.32 Å². The normalized spacial score (nSPS) is 35.8. The number of piperidine rings is 1. The zero-order valence-electron chi connectivity index (χ0n) is 9.95. The molecule has 0 bridgehead atoms. The van der Waals surface area contributed by atoms with Gasteiger partial charge in [-0.2, -0.15) is 0 Å². The smallest absolute Gasteiger partial charge is 0.226 e. The fourth-order valence-electron chi connectivity index (χ4n) is 3.73. The Bertz CT molecular complexity index is 273. The highest BCUT2D eigenvalue weighted by Crippen LogP contribution is 2.39. The first-order valence-electron chi connectivity index (χ1n) is 6.84. The minimum absolute atomic E-state index is 0.404. The molecule has 2 heterocycles. The van der Waals surface area contributed by atoms with Gasteiger partial charge in [0.2, 0.25) is 5.91 Å². The second-order valence-corrected chi connectivity index (χ2v) is 5.73. The van der Waals surface area contributed by atoms with Gasteiger partial charge in [-0.05, 0) is 50.6 Å². The van der Waals surface area contributed by atoms with Crippen molar-refractivity contribution in [1.29, 1.82) is 0 Å². The first kappa shape index (κ1) is 10.6. The molecule has 0 radical (unpaired) electrons. The minimum atomic E-state index is 0.404. The second-order valence-electron chi connectivity index (χ2n) is 5.73. The van der Waals surface area contributed by atoms with Crippen molar-refractivity contribution in [2.24, 2.45) is 17.8 Å². The molecular formula is C13H22N2O. The predicted octanol–water partition coefficient (Wildman–Crippen LogP) is 1.24. The molecule has 0 aromatic heterocycles. The monoisotopic (exact) mass is 222 g/mol. The molecular weight excluding hydrogens is 200 g/mol. The summed E-state index contributed by atoms with van der Waals surface area (Å²) >= 11 is 0. The van der Waals surface area contributed by atoms with Crippen LogP contribution in [-0.2, 0) is 4.79 Å². The van der Waals surface area contributed by atoms with E-state index in [2.05, 4.69) is 10.2 Å². The van der Waals surface area contributed by atoms with E-state index in [0.717, 1.165) is 38.5 Å². The van der Waals surface area contributed by atoms with Gasteiger partial charge in [-0.25, -0.2) is 0 Å². The number of rotatable bonds is 2. The van der Waals surface area contributed by atoms with Crippen LogP contribution in [0.5, 0.6) is 0 Å². The summed E-state index contributed by atoms with van der Waals surface area (Å²) < 4.78 is 0.